The predicted molar refractivity (Wildman–Crippen MR) is 86.8 cm³/mol. The molecule has 1 N–H and O–H groups in total. The van der Waals surface area contributed by atoms with Crippen LogP contribution in [0, 0.1) is 6.92 Å². The minimum absolute atomic E-state index is 0.0865. The smallest absolute Gasteiger partial charge is 0.335 e. The van der Waals surface area contributed by atoms with Crippen LogP contribution in [0.2, 0.25) is 5.02 Å². The molecule has 112 valence electrons. The van der Waals surface area contributed by atoms with Gasteiger partial charge in [0.25, 0.3) is 0 Å². The van der Waals surface area contributed by atoms with Crippen LogP contribution in [0.25, 0.3) is 5.57 Å². The number of fused-ring (bicyclic) bond motifs is 1. The second-order valence-corrected chi connectivity index (χ2v) is 5.82. The molecule has 0 amide bonds. The van der Waals surface area contributed by atoms with Gasteiger partial charge in [-0.2, -0.15) is 0 Å². The number of aryl methyl sites for hydroxylation is 1. The Hall–Kier alpha value is -2.26. The summed E-state index contributed by atoms with van der Waals surface area (Å²) in [6, 6.07) is 10.6. The average molecular weight is 315 g/mol. The molecule has 0 aliphatic carbocycles. The topological polar surface area (TPSA) is 46.5 Å². The van der Waals surface area contributed by atoms with Crippen LogP contribution in [0.4, 0.5) is 0 Å². The SMILES string of the molecule is Cc1ccc(Cl)cc1C1=CC(C)Oc2ccc(C(=O)O)cc21. The van der Waals surface area contributed by atoms with Gasteiger partial charge in [-0.25, -0.2) is 4.79 Å². The molecule has 0 spiro atoms. The highest BCUT2D eigenvalue weighted by molar-refractivity contribution is 6.30. The molecule has 1 aliphatic heterocycles. The first-order valence-electron chi connectivity index (χ1n) is 6.98. The number of hydrogen-bond donors (Lipinski definition) is 1. The van der Waals surface area contributed by atoms with Crippen LogP contribution in [-0.4, -0.2) is 17.2 Å². The van der Waals surface area contributed by atoms with Gasteiger partial charge in [-0.3, -0.25) is 0 Å². The Morgan fingerprint density at radius 1 is 1.18 bits per heavy atom. The summed E-state index contributed by atoms with van der Waals surface area (Å²) in [5.74, 6) is -0.266. The summed E-state index contributed by atoms with van der Waals surface area (Å²) in [5.41, 5.74) is 4.05. The number of halogens is 1. The van der Waals surface area contributed by atoms with Gasteiger partial charge in [0, 0.05) is 10.6 Å². The molecule has 0 fully saturated rings. The van der Waals surface area contributed by atoms with Crippen molar-refractivity contribution in [2.45, 2.75) is 20.0 Å². The van der Waals surface area contributed by atoms with Crippen molar-refractivity contribution in [2.24, 2.45) is 0 Å². The number of carboxylic acid groups (broad SMARTS) is 1. The lowest BCUT2D eigenvalue weighted by Crippen LogP contribution is -2.16. The number of hydrogen-bond acceptors (Lipinski definition) is 2. The molecule has 3 nitrogen and oxygen atoms in total. The fraction of sp³-hybridized carbons (Fsp3) is 0.167. The van der Waals surface area contributed by atoms with Crippen molar-refractivity contribution in [2.75, 3.05) is 0 Å². The van der Waals surface area contributed by atoms with Gasteiger partial charge in [0.1, 0.15) is 11.9 Å². The Bertz CT molecular complexity index is 793. The zero-order valence-corrected chi connectivity index (χ0v) is 13.0. The summed E-state index contributed by atoms with van der Waals surface area (Å²) < 4.78 is 5.79. The highest BCUT2D eigenvalue weighted by atomic mass is 35.5. The van der Waals surface area contributed by atoms with E-state index in [-0.39, 0.29) is 11.7 Å². The summed E-state index contributed by atoms with van der Waals surface area (Å²) in [5, 5.41) is 9.86. The molecule has 0 bridgehead atoms. The van der Waals surface area contributed by atoms with Gasteiger partial charge in [0.15, 0.2) is 0 Å². The monoisotopic (exact) mass is 314 g/mol. The molecular weight excluding hydrogens is 300 g/mol. The fourth-order valence-corrected chi connectivity index (χ4v) is 2.83. The van der Waals surface area contributed by atoms with E-state index in [1.165, 1.54) is 0 Å². The van der Waals surface area contributed by atoms with Crippen LogP contribution in [-0.2, 0) is 0 Å². The van der Waals surface area contributed by atoms with E-state index in [9.17, 15) is 9.90 Å². The molecule has 1 heterocycles. The average Bonchev–Trinajstić information content (AvgIpc) is 2.48. The minimum Gasteiger partial charge on any atom is -0.486 e. The van der Waals surface area contributed by atoms with E-state index >= 15 is 0 Å². The number of carboxylic acids is 1. The number of ether oxygens (including phenoxy) is 1. The molecule has 0 saturated carbocycles. The Labute approximate surface area is 133 Å². The standard InChI is InChI=1S/C18H15ClO3/c1-10-3-5-13(19)9-14(10)15-7-11(2)22-17-6-4-12(18(20)21)8-16(15)17/h3-9,11H,1-2H3,(H,20,21). The molecule has 1 unspecified atom stereocenters. The normalized spacial score (nSPS) is 16.5. The molecule has 0 saturated heterocycles. The molecule has 4 heteroatoms. The summed E-state index contributed by atoms with van der Waals surface area (Å²) in [7, 11) is 0. The zero-order valence-electron chi connectivity index (χ0n) is 12.3. The molecule has 22 heavy (non-hydrogen) atoms. The van der Waals surface area contributed by atoms with Crippen molar-refractivity contribution >= 4 is 23.1 Å². The van der Waals surface area contributed by atoms with Crippen molar-refractivity contribution in [1.82, 2.24) is 0 Å². The van der Waals surface area contributed by atoms with Crippen LogP contribution in [0.3, 0.4) is 0 Å². The maximum atomic E-state index is 11.2. The molecular formula is C18H15ClO3. The number of aromatic carboxylic acids is 1. The quantitative estimate of drug-likeness (QED) is 0.884. The second-order valence-electron chi connectivity index (χ2n) is 5.38. The molecule has 1 aliphatic rings. The van der Waals surface area contributed by atoms with Gasteiger partial charge in [-0.15, -0.1) is 0 Å². The number of rotatable bonds is 2. The third kappa shape index (κ3) is 2.60. The van der Waals surface area contributed by atoms with E-state index in [2.05, 4.69) is 0 Å². The van der Waals surface area contributed by atoms with Gasteiger partial charge in [-0.05, 0) is 67.0 Å². The summed E-state index contributed by atoms with van der Waals surface area (Å²) >= 11 is 6.13. The second kappa shape index (κ2) is 5.50. The van der Waals surface area contributed by atoms with Crippen LogP contribution in [0.1, 0.15) is 34.0 Å². The zero-order chi connectivity index (χ0) is 15.9. The van der Waals surface area contributed by atoms with Gasteiger partial charge in [-0.1, -0.05) is 17.7 Å². The first-order chi connectivity index (χ1) is 10.5. The van der Waals surface area contributed by atoms with E-state index in [1.807, 2.05) is 38.1 Å². The van der Waals surface area contributed by atoms with Crippen LogP contribution in [0.5, 0.6) is 5.75 Å². The van der Waals surface area contributed by atoms with E-state index in [0.29, 0.717) is 10.8 Å². The highest BCUT2D eigenvalue weighted by Crippen LogP contribution is 2.38. The summed E-state index contributed by atoms with van der Waals surface area (Å²) in [6.45, 7) is 3.96. The number of carbonyl (C=O) groups is 1. The van der Waals surface area contributed by atoms with E-state index in [4.69, 9.17) is 16.3 Å². The van der Waals surface area contributed by atoms with E-state index in [0.717, 1.165) is 22.3 Å². The first-order valence-corrected chi connectivity index (χ1v) is 7.36. The molecule has 2 aromatic carbocycles. The molecule has 0 radical (unpaired) electrons. The van der Waals surface area contributed by atoms with Crippen LogP contribution >= 0.6 is 11.6 Å². The lowest BCUT2D eigenvalue weighted by Gasteiger charge is -2.24. The maximum absolute atomic E-state index is 11.2. The van der Waals surface area contributed by atoms with Crippen molar-refractivity contribution in [3.63, 3.8) is 0 Å². The Kier molecular flexibility index (Phi) is 3.67. The number of benzene rings is 2. The van der Waals surface area contributed by atoms with Gasteiger partial charge >= 0.3 is 5.97 Å². The minimum atomic E-state index is -0.955. The van der Waals surface area contributed by atoms with Gasteiger partial charge in [0.2, 0.25) is 0 Å². The highest BCUT2D eigenvalue weighted by Gasteiger charge is 2.22. The molecule has 2 aromatic rings. The Balaban J connectivity index is 2.22. The van der Waals surface area contributed by atoms with E-state index < -0.39 is 5.97 Å². The first kappa shape index (κ1) is 14.7. The van der Waals surface area contributed by atoms with Gasteiger partial charge in [0.05, 0.1) is 5.56 Å². The Morgan fingerprint density at radius 3 is 2.68 bits per heavy atom. The third-order valence-electron chi connectivity index (χ3n) is 3.72. The largest absolute Gasteiger partial charge is 0.486 e. The third-order valence-corrected chi connectivity index (χ3v) is 3.96. The molecule has 0 aromatic heterocycles. The maximum Gasteiger partial charge on any atom is 0.335 e. The summed E-state index contributed by atoms with van der Waals surface area (Å²) in [6.07, 6.45) is 1.91. The molecule has 3 rings (SSSR count). The van der Waals surface area contributed by atoms with Crippen molar-refractivity contribution in [1.29, 1.82) is 0 Å². The molecule has 1 atom stereocenters. The van der Waals surface area contributed by atoms with Crippen LogP contribution in [0.15, 0.2) is 42.5 Å². The van der Waals surface area contributed by atoms with E-state index in [1.54, 1.807) is 18.2 Å². The fourth-order valence-electron chi connectivity index (χ4n) is 2.65. The van der Waals surface area contributed by atoms with Crippen molar-refractivity contribution < 1.29 is 14.6 Å². The van der Waals surface area contributed by atoms with Gasteiger partial charge < -0.3 is 9.84 Å². The van der Waals surface area contributed by atoms with Crippen molar-refractivity contribution in [3.8, 4) is 5.75 Å². The lowest BCUT2D eigenvalue weighted by atomic mass is 9.90. The van der Waals surface area contributed by atoms with Crippen molar-refractivity contribution in [3.05, 3.63) is 69.8 Å². The van der Waals surface area contributed by atoms with Crippen LogP contribution < -0.4 is 4.74 Å². The lowest BCUT2D eigenvalue weighted by molar-refractivity contribution is 0.0697. The predicted octanol–water partition coefficient (Wildman–Crippen LogP) is 4.56. The summed E-state index contributed by atoms with van der Waals surface area (Å²) in [4.78, 5) is 11.2. The Morgan fingerprint density at radius 2 is 1.95 bits per heavy atom.